The molecular weight excluding hydrogens is 459 g/mol. The zero-order chi connectivity index (χ0) is 25.2. The standard InChI is InChI=1S/C25H32F3N5O2/c1-17-22(18(2)33(30-17)21-10-6-7-19(15-21)25(26,27)28)16-23(34)31-11-13-32(14-12-31)24(35)29-20-8-4-3-5-9-20/h6-7,10,15,20H,3-5,8-9,11-14,16H2,1-2H3,(H,29,35). The van der Waals surface area contributed by atoms with Crippen LogP contribution < -0.4 is 5.32 Å². The van der Waals surface area contributed by atoms with Gasteiger partial charge in [-0.05, 0) is 44.9 Å². The third-order valence-corrected chi connectivity index (χ3v) is 7.04. The number of carbonyl (C=O) groups excluding carboxylic acids is 2. The Balaban J connectivity index is 1.37. The van der Waals surface area contributed by atoms with Gasteiger partial charge in [-0.2, -0.15) is 18.3 Å². The Morgan fingerprint density at radius 3 is 2.34 bits per heavy atom. The number of hydrogen-bond donors (Lipinski definition) is 1. The van der Waals surface area contributed by atoms with E-state index in [2.05, 4.69) is 10.4 Å². The third kappa shape index (κ3) is 5.79. The van der Waals surface area contributed by atoms with Crippen LogP contribution in [0.2, 0.25) is 0 Å². The van der Waals surface area contributed by atoms with Crippen LogP contribution in [0.15, 0.2) is 24.3 Å². The molecule has 1 aliphatic carbocycles. The van der Waals surface area contributed by atoms with Gasteiger partial charge in [0.1, 0.15) is 0 Å². The Bertz CT molecular complexity index is 1070. The van der Waals surface area contributed by atoms with Gasteiger partial charge in [-0.25, -0.2) is 9.48 Å². The molecular formula is C25H32F3N5O2. The smallest absolute Gasteiger partial charge is 0.339 e. The summed E-state index contributed by atoms with van der Waals surface area (Å²) in [5, 5.41) is 7.53. The van der Waals surface area contributed by atoms with Gasteiger partial charge in [0.25, 0.3) is 0 Å². The predicted octanol–water partition coefficient (Wildman–Crippen LogP) is 4.24. The van der Waals surface area contributed by atoms with Crippen molar-refractivity contribution in [1.29, 1.82) is 0 Å². The van der Waals surface area contributed by atoms with Gasteiger partial charge in [-0.3, -0.25) is 4.79 Å². The van der Waals surface area contributed by atoms with Crippen LogP contribution in [0, 0.1) is 13.8 Å². The molecule has 3 amide bonds. The SMILES string of the molecule is Cc1nn(-c2cccc(C(F)(F)F)c2)c(C)c1CC(=O)N1CCN(C(=O)NC2CCCCC2)CC1. The lowest BCUT2D eigenvalue weighted by Crippen LogP contribution is -2.55. The summed E-state index contributed by atoms with van der Waals surface area (Å²) in [6.45, 7) is 5.38. The van der Waals surface area contributed by atoms with E-state index in [1.165, 1.54) is 17.2 Å². The van der Waals surface area contributed by atoms with E-state index in [0.29, 0.717) is 48.8 Å². The zero-order valence-electron chi connectivity index (χ0n) is 20.2. The largest absolute Gasteiger partial charge is 0.416 e. The summed E-state index contributed by atoms with van der Waals surface area (Å²) in [5.74, 6) is -0.0767. The molecule has 7 nitrogen and oxygen atoms in total. The number of amides is 3. The fourth-order valence-electron chi connectivity index (χ4n) is 4.93. The number of aromatic nitrogens is 2. The van der Waals surface area contributed by atoms with Gasteiger partial charge < -0.3 is 15.1 Å². The number of halogens is 3. The van der Waals surface area contributed by atoms with E-state index in [1.54, 1.807) is 29.7 Å². The van der Waals surface area contributed by atoms with Crippen LogP contribution in [0.4, 0.5) is 18.0 Å². The lowest BCUT2D eigenvalue weighted by molar-refractivity contribution is -0.137. The van der Waals surface area contributed by atoms with E-state index >= 15 is 0 Å². The first-order chi connectivity index (χ1) is 16.6. The van der Waals surface area contributed by atoms with E-state index in [-0.39, 0.29) is 24.4 Å². The van der Waals surface area contributed by atoms with E-state index in [4.69, 9.17) is 0 Å². The highest BCUT2D eigenvalue weighted by atomic mass is 19.4. The number of alkyl halides is 3. The Labute approximate surface area is 203 Å². The Morgan fingerprint density at radius 1 is 1.03 bits per heavy atom. The Kier molecular flexibility index (Phi) is 7.37. The number of carbonyl (C=O) groups is 2. The molecule has 1 aromatic carbocycles. The molecule has 2 heterocycles. The van der Waals surface area contributed by atoms with Crippen LogP contribution in [-0.4, -0.2) is 63.7 Å². The van der Waals surface area contributed by atoms with Gasteiger partial charge in [0.2, 0.25) is 5.91 Å². The first kappa shape index (κ1) is 25.1. The molecule has 1 saturated carbocycles. The molecule has 4 rings (SSSR count). The first-order valence-corrected chi connectivity index (χ1v) is 12.2. The topological polar surface area (TPSA) is 70.5 Å². The van der Waals surface area contributed by atoms with Crippen molar-refractivity contribution < 1.29 is 22.8 Å². The second kappa shape index (κ2) is 10.3. The number of hydrogen-bond acceptors (Lipinski definition) is 3. The first-order valence-electron chi connectivity index (χ1n) is 12.2. The molecule has 0 bridgehead atoms. The lowest BCUT2D eigenvalue weighted by Gasteiger charge is -2.36. The van der Waals surface area contributed by atoms with Crippen molar-refractivity contribution in [2.24, 2.45) is 0 Å². The molecule has 1 aliphatic heterocycles. The van der Waals surface area contributed by atoms with E-state index in [9.17, 15) is 22.8 Å². The maximum atomic E-state index is 13.1. The normalized spacial score (nSPS) is 17.5. The van der Waals surface area contributed by atoms with E-state index < -0.39 is 11.7 Å². The quantitative estimate of drug-likeness (QED) is 0.696. The van der Waals surface area contributed by atoms with E-state index in [1.807, 2.05) is 0 Å². The second-order valence-corrected chi connectivity index (χ2v) is 9.44. The zero-order valence-corrected chi connectivity index (χ0v) is 20.2. The van der Waals surface area contributed by atoms with Crippen molar-refractivity contribution in [3.63, 3.8) is 0 Å². The molecule has 2 aromatic rings. The highest BCUT2D eigenvalue weighted by molar-refractivity contribution is 5.80. The Hall–Kier alpha value is -3.04. The number of urea groups is 1. The average molecular weight is 492 g/mol. The number of nitrogens with one attached hydrogen (secondary N) is 1. The van der Waals surface area contributed by atoms with Gasteiger partial charge in [0, 0.05) is 43.5 Å². The Morgan fingerprint density at radius 2 is 1.69 bits per heavy atom. The molecule has 1 N–H and O–H groups in total. The van der Waals surface area contributed by atoms with Crippen LogP contribution in [0.5, 0.6) is 0 Å². The van der Waals surface area contributed by atoms with Gasteiger partial charge in [0.05, 0.1) is 23.4 Å². The molecule has 1 saturated heterocycles. The number of rotatable bonds is 4. The number of piperazine rings is 1. The fraction of sp³-hybridized carbons (Fsp3) is 0.560. The highest BCUT2D eigenvalue weighted by Gasteiger charge is 2.31. The molecule has 0 unspecified atom stereocenters. The van der Waals surface area contributed by atoms with Gasteiger partial charge >= 0.3 is 12.2 Å². The van der Waals surface area contributed by atoms with Crippen LogP contribution in [0.3, 0.4) is 0 Å². The monoisotopic (exact) mass is 491 g/mol. The molecule has 0 spiro atoms. The van der Waals surface area contributed by atoms with Crippen molar-refractivity contribution in [1.82, 2.24) is 24.9 Å². The van der Waals surface area contributed by atoms with Crippen LogP contribution in [-0.2, 0) is 17.4 Å². The van der Waals surface area contributed by atoms with Crippen molar-refractivity contribution in [3.8, 4) is 5.69 Å². The maximum absolute atomic E-state index is 13.1. The molecule has 35 heavy (non-hydrogen) atoms. The van der Waals surface area contributed by atoms with Crippen molar-refractivity contribution >= 4 is 11.9 Å². The minimum absolute atomic E-state index is 0.0574. The second-order valence-electron chi connectivity index (χ2n) is 9.44. The van der Waals surface area contributed by atoms with Crippen molar-refractivity contribution in [2.45, 2.75) is 64.6 Å². The maximum Gasteiger partial charge on any atom is 0.416 e. The summed E-state index contributed by atoms with van der Waals surface area (Å²) in [6.07, 6.45) is 1.25. The van der Waals surface area contributed by atoms with Gasteiger partial charge in [-0.1, -0.05) is 25.3 Å². The molecule has 1 aromatic heterocycles. The van der Waals surface area contributed by atoms with Gasteiger partial charge in [0.15, 0.2) is 0 Å². The fourth-order valence-corrected chi connectivity index (χ4v) is 4.93. The highest BCUT2D eigenvalue weighted by Crippen LogP contribution is 2.31. The minimum atomic E-state index is -4.44. The lowest BCUT2D eigenvalue weighted by atomic mass is 9.96. The van der Waals surface area contributed by atoms with E-state index in [0.717, 1.165) is 37.8 Å². The molecule has 2 aliphatic rings. The summed E-state index contributed by atoms with van der Waals surface area (Å²) >= 11 is 0. The summed E-state index contributed by atoms with van der Waals surface area (Å²) in [7, 11) is 0. The molecule has 10 heteroatoms. The summed E-state index contributed by atoms with van der Waals surface area (Å²) in [4.78, 5) is 29.1. The number of benzene rings is 1. The minimum Gasteiger partial charge on any atom is -0.339 e. The number of nitrogens with zero attached hydrogens (tertiary/aromatic N) is 4. The summed E-state index contributed by atoms with van der Waals surface area (Å²) in [6, 6.07) is 5.19. The molecule has 190 valence electrons. The third-order valence-electron chi connectivity index (χ3n) is 7.04. The average Bonchev–Trinajstić information content (AvgIpc) is 3.12. The van der Waals surface area contributed by atoms with Crippen molar-refractivity contribution in [2.75, 3.05) is 26.2 Å². The predicted molar refractivity (Wildman–Crippen MR) is 125 cm³/mol. The summed E-state index contributed by atoms with van der Waals surface area (Å²) in [5.41, 5.74) is 1.52. The van der Waals surface area contributed by atoms with Crippen molar-refractivity contribution in [3.05, 3.63) is 46.8 Å². The molecule has 0 radical (unpaired) electrons. The molecule has 2 fully saturated rings. The van der Waals surface area contributed by atoms with Crippen LogP contribution in [0.1, 0.15) is 54.6 Å². The van der Waals surface area contributed by atoms with Crippen LogP contribution >= 0.6 is 0 Å². The van der Waals surface area contributed by atoms with Crippen LogP contribution in [0.25, 0.3) is 5.69 Å². The number of aryl methyl sites for hydroxylation is 1. The molecule has 0 atom stereocenters. The summed E-state index contributed by atoms with van der Waals surface area (Å²) < 4.78 is 40.9. The van der Waals surface area contributed by atoms with Gasteiger partial charge in [-0.15, -0.1) is 0 Å².